The van der Waals surface area contributed by atoms with Gasteiger partial charge in [-0.15, -0.1) is 11.3 Å². The van der Waals surface area contributed by atoms with Crippen LogP contribution in [0.2, 0.25) is 0 Å². The number of carboxylic acid groups (broad SMARTS) is 1. The molecule has 5 rings (SSSR count). The summed E-state index contributed by atoms with van der Waals surface area (Å²) in [7, 11) is -3.25. The maximum Gasteiger partial charge on any atom is 0.355 e. The van der Waals surface area contributed by atoms with Crippen LogP contribution in [-0.2, 0) is 27.5 Å². The first-order valence-electron chi connectivity index (χ1n) is 11.2. The van der Waals surface area contributed by atoms with Crippen LogP contribution in [0.25, 0.3) is 16.0 Å². The smallest absolute Gasteiger partial charge is 0.355 e. The molecule has 0 unspecified atom stereocenters. The predicted octanol–water partition coefficient (Wildman–Crippen LogP) is 3.61. The molecule has 4 aromatic rings. The summed E-state index contributed by atoms with van der Waals surface area (Å²) in [6.45, 7) is 4.06. The number of ether oxygens (including phenoxy) is 1. The number of aromatic carboxylic acids is 1. The second kappa shape index (κ2) is 9.54. The molecule has 1 fully saturated rings. The number of thiazole rings is 1. The van der Waals surface area contributed by atoms with E-state index in [2.05, 4.69) is 28.1 Å². The number of carbonyl (C=O) groups is 1. The van der Waals surface area contributed by atoms with Crippen LogP contribution in [0.3, 0.4) is 0 Å². The zero-order valence-electron chi connectivity index (χ0n) is 19.2. The van der Waals surface area contributed by atoms with Gasteiger partial charge in [0.1, 0.15) is 0 Å². The molecule has 0 amide bonds. The number of hydrogen-bond acceptors (Lipinski definition) is 7. The van der Waals surface area contributed by atoms with Crippen molar-refractivity contribution in [3.05, 3.63) is 76.4 Å². The van der Waals surface area contributed by atoms with Crippen LogP contribution < -0.4 is 0 Å². The number of fused-ring (bicyclic) bond motifs is 1. The van der Waals surface area contributed by atoms with E-state index >= 15 is 0 Å². The van der Waals surface area contributed by atoms with Crippen molar-refractivity contribution in [1.29, 1.82) is 0 Å². The quantitative estimate of drug-likeness (QED) is 0.404. The van der Waals surface area contributed by atoms with Crippen LogP contribution in [-0.4, -0.2) is 66.5 Å². The monoisotopic (exact) mass is 511 g/mol. The van der Waals surface area contributed by atoms with Gasteiger partial charge in [-0.1, -0.05) is 24.3 Å². The van der Waals surface area contributed by atoms with Gasteiger partial charge in [-0.3, -0.25) is 9.47 Å². The summed E-state index contributed by atoms with van der Waals surface area (Å²) in [5.41, 5.74) is 4.19. The Morgan fingerprint density at radius 1 is 1.11 bits per heavy atom. The molecule has 0 aliphatic carbocycles. The maximum atomic E-state index is 11.8. The van der Waals surface area contributed by atoms with Gasteiger partial charge in [-0.25, -0.2) is 18.2 Å². The van der Waals surface area contributed by atoms with Gasteiger partial charge in [0.15, 0.2) is 20.7 Å². The summed E-state index contributed by atoms with van der Waals surface area (Å²) >= 11 is 1.29. The molecule has 1 saturated heterocycles. The molecule has 0 spiro atoms. The van der Waals surface area contributed by atoms with Crippen molar-refractivity contribution in [2.24, 2.45) is 0 Å². The van der Waals surface area contributed by atoms with Gasteiger partial charge in [-0.2, -0.15) is 0 Å². The highest BCUT2D eigenvalue weighted by molar-refractivity contribution is 7.90. The number of aromatic nitrogens is 2. The third-order valence-corrected chi connectivity index (χ3v) is 8.09. The minimum atomic E-state index is -3.25. The summed E-state index contributed by atoms with van der Waals surface area (Å²) in [5.74, 6) is -1.05. The third-order valence-electron chi connectivity index (χ3n) is 6.13. The van der Waals surface area contributed by atoms with Gasteiger partial charge in [-0.05, 0) is 41.3 Å². The fraction of sp³-hybridized carbons (Fsp3) is 0.280. The van der Waals surface area contributed by atoms with Crippen LogP contribution in [0.4, 0.5) is 0 Å². The second-order valence-electron chi connectivity index (χ2n) is 8.68. The Bertz CT molecular complexity index is 1480. The molecule has 2 aromatic carbocycles. The lowest BCUT2D eigenvalue weighted by atomic mass is 10.0. The van der Waals surface area contributed by atoms with Crippen LogP contribution in [0.15, 0.2) is 58.9 Å². The molecular formula is C25H25N3O5S2. The van der Waals surface area contributed by atoms with Crippen molar-refractivity contribution in [1.82, 2.24) is 14.5 Å². The first kappa shape index (κ1) is 23.7. The summed E-state index contributed by atoms with van der Waals surface area (Å²) < 4.78 is 31.0. The van der Waals surface area contributed by atoms with Gasteiger partial charge in [0, 0.05) is 42.9 Å². The summed E-state index contributed by atoms with van der Waals surface area (Å²) in [6.07, 6.45) is 3.80. The number of rotatable bonds is 7. The summed E-state index contributed by atoms with van der Waals surface area (Å²) in [5, 5.41) is 12.5. The molecule has 1 aliphatic rings. The third kappa shape index (κ3) is 5.15. The average Bonchev–Trinajstić information content (AvgIpc) is 3.45. The predicted molar refractivity (Wildman–Crippen MR) is 134 cm³/mol. The van der Waals surface area contributed by atoms with E-state index in [-0.39, 0.29) is 5.69 Å². The van der Waals surface area contributed by atoms with Crippen molar-refractivity contribution in [2.75, 3.05) is 32.6 Å². The van der Waals surface area contributed by atoms with Crippen LogP contribution in [0.1, 0.15) is 27.2 Å². The topological polar surface area (TPSA) is 102 Å². The minimum absolute atomic E-state index is 0.0224. The Kier molecular flexibility index (Phi) is 6.45. The van der Waals surface area contributed by atoms with E-state index in [0.717, 1.165) is 60.4 Å². The highest BCUT2D eigenvalue weighted by atomic mass is 32.2. The van der Waals surface area contributed by atoms with E-state index in [1.165, 1.54) is 17.6 Å². The maximum absolute atomic E-state index is 11.8. The lowest BCUT2D eigenvalue weighted by Gasteiger charge is -2.26. The van der Waals surface area contributed by atoms with E-state index in [4.69, 9.17) is 4.74 Å². The van der Waals surface area contributed by atoms with E-state index < -0.39 is 15.8 Å². The number of nitrogens with zero attached hydrogens (tertiary/aromatic N) is 3. The molecule has 2 aromatic heterocycles. The fourth-order valence-corrected chi connectivity index (χ4v) is 5.72. The molecule has 0 bridgehead atoms. The molecule has 35 heavy (non-hydrogen) atoms. The highest BCUT2D eigenvalue weighted by Crippen LogP contribution is 2.30. The van der Waals surface area contributed by atoms with Gasteiger partial charge < -0.3 is 9.84 Å². The second-order valence-corrected chi connectivity index (χ2v) is 11.5. The largest absolute Gasteiger partial charge is 0.476 e. The zero-order chi connectivity index (χ0) is 24.6. The highest BCUT2D eigenvalue weighted by Gasteiger charge is 2.17. The van der Waals surface area contributed by atoms with Crippen molar-refractivity contribution < 1.29 is 23.1 Å². The summed E-state index contributed by atoms with van der Waals surface area (Å²) in [6, 6.07) is 13.3. The van der Waals surface area contributed by atoms with E-state index in [0.29, 0.717) is 16.4 Å². The number of sulfone groups is 1. The Morgan fingerprint density at radius 3 is 2.49 bits per heavy atom. The molecule has 0 atom stereocenters. The lowest BCUT2D eigenvalue weighted by molar-refractivity contribution is 0.0342. The van der Waals surface area contributed by atoms with Gasteiger partial charge >= 0.3 is 5.97 Å². The standard InChI is InChI=1S/C25H25N3O5S2/c1-35(31,32)20-5-2-17(3-6-20)12-19-15-28(25-26-22(16-34-25)24(29)30)23-13-18(4-7-21(19)23)14-27-8-10-33-11-9-27/h2-7,13,15-16H,8-12,14H2,1H3,(H,29,30). The van der Waals surface area contributed by atoms with E-state index in [9.17, 15) is 18.3 Å². The molecule has 182 valence electrons. The Hall–Kier alpha value is -3.05. The van der Waals surface area contributed by atoms with Gasteiger partial charge in [0.05, 0.1) is 23.6 Å². The molecular weight excluding hydrogens is 486 g/mol. The average molecular weight is 512 g/mol. The minimum Gasteiger partial charge on any atom is -0.476 e. The Balaban J connectivity index is 1.53. The lowest BCUT2D eigenvalue weighted by Crippen LogP contribution is -2.35. The first-order valence-corrected chi connectivity index (χ1v) is 14.0. The molecule has 1 aliphatic heterocycles. The molecule has 1 N–H and O–H groups in total. The molecule has 8 nitrogen and oxygen atoms in total. The van der Waals surface area contributed by atoms with Gasteiger partial charge in [0.2, 0.25) is 0 Å². The number of hydrogen-bond donors (Lipinski definition) is 1. The molecule has 10 heteroatoms. The first-order chi connectivity index (χ1) is 16.8. The molecule has 3 heterocycles. The van der Waals surface area contributed by atoms with Crippen LogP contribution in [0.5, 0.6) is 0 Å². The van der Waals surface area contributed by atoms with Crippen LogP contribution in [0, 0.1) is 0 Å². The molecule has 0 saturated carbocycles. The normalized spacial score (nSPS) is 15.0. The summed E-state index contributed by atoms with van der Waals surface area (Å²) in [4.78, 5) is 18.4. The number of morpholine rings is 1. The van der Waals surface area contributed by atoms with Crippen molar-refractivity contribution in [2.45, 2.75) is 17.9 Å². The van der Waals surface area contributed by atoms with Crippen molar-refractivity contribution in [3.63, 3.8) is 0 Å². The van der Waals surface area contributed by atoms with E-state index in [1.807, 2.05) is 22.9 Å². The zero-order valence-corrected chi connectivity index (χ0v) is 20.8. The fourth-order valence-electron chi connectivity index (χ4n) is 4.31. The number of benzene rings is 2. The Morgan fingerprint density at radius 2 is 1.83 bits per heavy atom. The Labute approximate surface area is 207 Å². The number of carboxylic acids is 1. The van der Waals surface area contributed by atoms with Crippen molar-refractivity contribution in [3.8, 4) is 5.13 Å². The van der Waals surface area contributed by atoms with Crippen molar-refractivity contribution >= 4 is 38.0 Å². The van der Waals surface area contributed by atoms with Crippen LogP contribution >= 0.6 is 11.3 Å². The van der Waals surface area contributed by atoms with Gasteiger partial charge in [0.25, 0.3) is 0 Å². The van der Waals surface area contributed by atoms with E-state index in [1.54, 1.807) is 17.5 Å². The SMILES string of the molecule is CS(=O)(=O)c1ccc(Cc2cn(-c3nc(C(=O)O)cs3)c3cc(CN4CCOCC4)ccc23)cc1. The molecule has 0 radical (unpaired) electrons.